The molecule has 1 aliphatic carbocycles. The molecule has 0 aromatic heterocycles. The molecule has 1 saturated carbocycles. The molecule has 1 aliphatic rings. The lowest BCUT2D eigenvalue weighted by Crippen LogP contribution is -2.29. The Morgan fingerprint density at radius 3 is 2.50 bits per heavy atom. The Bertz CT molecular complexity index is 402. The minimum absolute atomic E-state index is 0.124. The first kappa shape index (κ1) is 13.6. The summed E-state index contributed by atoms with van der Waals surface area (Å²) in [4.78, 5) is 0.779. The van der Waals surface area contributed by atoms with E-state index < -0.39 is 16.9 Å². The summed E-state index contributed by atoms with van der Waals surface area (Å²) in [5.41, 5.74) is 0. The molecule has 1 N–H and O–H groups in total. The molecule has 0 bridgehead atoms. The van der Waals surface area contributed by atoms with E-state index in [-0.39, 0.29) is 5.25 Å². The molecule has 100 valence electrons. The fourth-order valence-corrected chi connectivity index (χ4v) is 3.94. The van der Waals surface area contributed by atoms with Crippen LogP contribution in [0.25, 0.3) is 0 Å². The van der Waals surface area contributed by atoms with Crippen LogP contribution in [0.15, 0.2) is 29.2 Å². The average molecular weight is 268 g/mol. The van der Waals surface area contributed by atoms with Gasteiger partial charge >= 0.3 is 0 Å². The number of ether oxygens (including phenoxy) is 1. The molecule has 0 heterocycles. The Morgan fingerprint density at radius 2 is 1.83 bits per heavy atom. The highest BCUT2D eigenvalue weighted by Gasteiger charge is 2.27. The first-order valence-electron chi connectivity index (χ1n) is 6.45. The molecule has 2 rings (SSSR count). The van der Waals surface area contributed by atoms with Gasteiger partial charge in [0.1, 0.15) is 5.75 Å². The van der Waals surface area contributed by atoms with Gasteiger partial charge in [0.25, 0.3) is 0 Å². The van der Waals surface area contributed by atoms with Gasteiger partial charge in [-0.1, -0.05) is 19.3 Å². The van der Waals surface area contributed by atoms with Crippen LogP contribution in [0.4, 0.5) is 0 Å². The van der Waals surface area contributed by atoms with Crippen LogP contribution >= 0.6 is 0 Å². The Morgan fingerprint density at radius 1 is 1.17 bits per heavy atom. The standard InChI is InChI=1S/C14H20O3S/c1-17-11-7-9-12(10-8-11)18(16)14-6-4-2-3-5-13(14)15/h7-10,13-15H,2-6H2,1H3/t13-,14-,18?/m1/s1. The van der Waals surface area contributed by atoms with Crippen LogP contribution in [0.1, 0.15) is 32.1 Å². The van der Waals surface area contributed by atoms with Gasteiger partial charge in [0, 0.05) is 4.90 Å². The average Bonchev–Trinajstić information content (AvgIpc) is 2.63. The summed E-state index contributed by atoms with van der Waals surface area (Å²) in [6.45, 7) is 0. The second-order valence-electron chi connectivity index (χ2n) is 4.72. The summed E-state index contributed by atoms with van der Waals surface area (Å²) in [6, 6.07) is 7.28. The molecule has 0 spiro atoms. The molecule has 0 aliphatic heterocycles. The van der Waals surface area contributed by atoms with Crippen molar-refractivity contribution >= 4 is 10.8 Å². The van der Waals surface area contributed by atoms with E-state index in [1.807, 2.05) is 24.3 Å². The fourth-order valence-electron chi connectivity index (χ4n) is 2.39. The molecule has 0 saturated heterocycles. The van der Waals surface area contributed by atoms with Gasteiger partial charge in [-0.25, -0.2) is 0 Å². The number of benzene rings is 1. The minimum atomic E-state index is -1.13. The van der Waals surface area contributed by atoms with Crippen LogP contribution in [0.3, 0.4) is 0 Å². The first-order valence-corrected chi connectivity index (χ1v) is 7.66. The summed E-state index contributed by atoms with van der Waals surface area (Å²) in [5, 5.41) is 9.94. The second kappa shape index (κ2) is 6.34. The first-order chi connectivity index (χ1) is 8.72. The summed E-state index contributed by atoms with van der Waals surface area (Å²) in [5.74, 6) is 0.761. The van der Waals surface area contributed by atoms with E-state index in [1.165, 1.54) is 0 Å². The molecule has 4 heteroatoms. The highest BCUT2D eigenvalue weighted by Crippen LogP contribution is 2.26. The van der Waals surface area contributed by atoms with Crippen molar-refractivity contribution in [2.24, 2.45) is 0 Å². The molecule has 18 heavy (non-hydrogen) atoms. The molecule has 1 aromatic carbocycles. The third-order valence-electron chi connectivity index (χ3n) is 3.48. The normalized spacial score (nSPS) is 26.3. The van der Waals surface area contributed by atoms with E-state index in [2.05, 4.69) is 0 Å². The summed E-state index contributed by atoms with van der Waals surface area (Å²) >= 11 is 0. The van der Waals surface area contributed by atoms with E-state index in [9.17, 15) is 9.32 Å². The summed E-state index contributed by atoms with van der Waals surface area (Å²) in [6.07, 6.45) is 4.41. The molecule has 0 amide bonds. The van der Waals surface area contributed by atoms with Gasteiger partial charge in [-0.05, 0) is 37.1 Å². The Labute approximate surface area is 111 Å². The van der Waals surface area contributed by atoms with E-state index in [0.29, 0.717) is 0 Å². The fraction of sp³-hybridized carbons (Fsp3) is 0.571. The summed E-state index contributed by atoms with van der Waals surface area (Å²) < 4.78 is 17.6. The Kier molecular flexibility index (Phi) is 4.78. The van der Waals surface area contributed by atoms with Crippen molar-refractivity contribution in [3.05, 3.63) is 24.3 Å². The largest absolute Gasteiger partial charge is 0.497 e. The van der Waals surface area contributed by atoms with Crippen LogP contribution in [0, 0.1) is 0 Å². The zero-order chi connectivity index (χ0) is 13.0. The van der Waals surface area contributed by atoms with Crippen LogP contribution < -0.4 is 4.74 Å². The lowest BCUT2D eigenvalue weighted by Gasteiger charge is -2.19. The number of hydrogen-bond donors (Lipinski definition) is 1. The lowest BCUT2D eigenvalue weighted by molar-refractivity contribution is 0.161. The predicted octanol–water partition coefficient (Wildman–Crippen LogP) is 2.50. The third kappa shape index (κ3) is 3.12. The highest BCUT2D eigenvalue weighted by molar-refractivity contribution is 7.85. The van der Waals surface area contributed by atoms with Crippen molar-refractivity contribution in [2.75, 3.05) is 7.11 Å². The second-order valence-corrected chi connectivity index (χ2v) is 6.39. The number of rotatable bonds is 3. The maximum absolute atomic E-state index is 12.5. The van der Waals surface area contributed by atoms with Crippen molar-refractivity contribution < 1.29 is 14.1 Å². The Hall–Kier alpha value is -0.870. The molecule has 0 radical (unpaired) electrons. The number of aliphatic hydroxyl groups is 1. The van der Waals surface area contributed by atoms with Crippen LogP contribution in [0.5, 0.6) is 5.75 Å². The van der Waals surface area contributed by atoms with Crippen LogP contribution in [-0.4, -0.2) is 27.8 Å². The van der Waals surface area contributed by atoms with Crippen LogP contribution in [0.2, 0.25) is 0 Å². The SMILES string of the molecule is COc1ccc(S(=O)[C@@H]2CCCCC[C@H]2O)cc1. The minimum Gasteiger partial charge on any atom is -0.497 e. The van der Waals surface area contributed by atoms with Crippen molar-refractivity contribution in [1.82, 2.24) is 0 Å². The molecular weight excluding hydrogens is 248 g/mol. The van der Waals surface area contributed by atoms with E-state index in [1.54, 1.807) is 7.11 Å². The van der Waals surface area contributed by atoms with Crippen LogP contribution in [-0.2, 0) is 10.8 Å². The monoisotopic (exact) mass is 268 g/mol. The maximum atomic E-state index is 12.5. The topological polar surface area (TPSA) is 46.5 Å². The number of methoxy groups -OCH3 is 1. The van der Waals surface area contributed by atoms with Gasteiger partial charge in [-0.3, -0.25) is 4.21 Å². The zero-order valence-electron chi connectivity index (χ0n) is 10.7. The molecule has 1 aromatic rings. The van der Waals surface area contributed by atoms with Crippen molar-refractivity contribution in [1.29, 1.82) is 0 Å². The van der Waals surface area contributed by atoms with Crippen molar-refractivity contribution in [3.63, 3.8) is 0 Å². The predicted molar refractivity (Wildman–Crippen MR) is 72.3 cm³/mol. The highest BCUT2D eigenvalue weighted by atomic mass is 32.2. The number of aliphatic hydroxyl groups excluding tert-OH is 1. The van der Waals surface area contributed by atoms with Crippen molar-refractivity contribution in [2.45, 2.75) is 48.4 Å². The smallest absolute Gasteiger partial charge is 0.118 e. The lowest BCUT2D eigenvalue weighted by atomic mass is 10.1. The third-order valence-corrected chi connectivity index (χ3v) is 5.32. The number of hydrogen-bond acceptors (Lipinski definition) is 3. The quantitative estimate of drug-likeness (QED) is 0.857. The Balaban J connectivity index is 2.13. The van der Waals surface area contributed by atoms with Gasteiger partial charge < -0.3 is 9.84 Å². The maximum Gasteiger partial charge on any atom is 0.118 e. The molecule has 1 fully saturated rings. The van der Waals surface area contributed by atoms with Gasteiger partial charge in [0.05, 0.1) is 29.3 Å². The molecule has 3 nitrogen and oxygen atoms in total. The molecule has 3 atom stereocenters. The zero-order valence-corrected chi connectivity index (χ0v) is 11.5. The molecule has 1 unspecified atom stereocenters. The van der Waals surface area contributed by atoms with E-state index >= 15 is 0 Å². The van der Waals surface area contributed by atoms with Gasteiger partial charge in [0.15, 0.2) is 0 Å². The van der Waals surface area contributed by atoms with E-state index in [0.717, 1.165) is 42.7 Å². The van der Waals surface area contributed by atoms with Crippen molar-refractivity contribution in [3.8, 4) is 5.75 Å². The van der Waals surface area contributed by atoms with Gasteiger partial charge in [-0.2, -0.15) is 0 Å². The van der Waals surface area contributed by atoms with Gasteiger partial charge in [-0.15, -0.1) is 0 Å². The molecular formula is C14H20O3S. The summed E-state index contributed by atoms with van der Waals surface area (Å²) in [7, 11) is 0.485. The van der Waals surface area contributed by atoms with Gasteiger partial charge in [0.2, 0.25) is 0 Å². The van der Waals surface area contributed by atoms with E-state index in [4.69, 9.17) is 4.74 Å².